The molecule has 50 heavy (non-hydrogen) atoms. The lowest BCUT2D eigenvalue weighted by atomic mass is 9.99. The largest absolute Gasteiger partial charge is 0.391 e. The highest BCUT2D eigenvalue weighted by atomic mass is 35.5. The Bertz CT molecular complexity index is 1700. The van der Waals surface area contributed by atoms with Gasteiger partial charge in [-0.1, -0.05) is 127 Å². The molecule has 6 nitrogen and oxygen atoms in total. The third kappa shape index (κ3) is 10.5. The Labute approximate surface area is 299 Å². The highest BCUT2D eigenvalue weighted by molar-refractivity contribution is 6.31. The second-order valence-corrected chi connectivity index (χ2v) is 12.6. The molecule has 5 aromatic carbocycles. The molecular formula is C42H44ClFO6. The standard InChI is InChI=1S/C42H44ClFO6/c1-31(47-26-33-12-6-3-7-13-33)40(48-27-34-14-8-4-9-15-34)41(49-28-35-16-10-5-11-17-35)42(30-45,46-2)50-29-36-20-23-39(43)37(25-36)24-32-18-21-38(44)22-19-32/h3-23,25,31,40-41,45H,24,26-30H2,1-2H3/t31-,40?,41-,42+/m0/s1. The predicted molar refractivity (Wildman–Crippen MR) is 193 cm³/mol. The minimum Gasteiger partial charge on any atom is -0.391 e. The van der Waals surface area contributed by atoms with Gasteiger partial charge in [0, 0.05) is 12.1 Å². The summed E-state index contributed by atoms with van der Waals surface area (Å²) in [7, 11) is 1.49. The second-order valence-electron chi connectivity index (χ2n) is 12.2. The lowest BCUT2D eigenvalue weighted by Crippen LogP contribution is -2.59. The molecule has 0 bridgehead atoms. The number of rotatable bonds is 19. The summed E-state index contributed by atoms with van der Waals surface area (Å²) in [5.74, 6) is -1.95. The molecule has 0 saturated heterocycles. The molecule has 8 heteroatoms. The van der Waals surface area contributed by atoms with Crippen LogP contribution in [0, 0.1) is 5.82 Å². The number of hydrogen-bond donors (Lipinski definition) is 1. The summed E-state index contributed by atoms with van der Waals surface area (Å²) < 4.78 is 45.8. The van der Waals surface area contributed by atoms with Crippen molar-refractivity contribution in [3.63, 3.8) is 0 Å². The van der Waals surface area contributed by atoms with Gasteiger partial charge in [-0.25, -0.2) is 4.39 Å². The number of methoxy groups -OCH3 is 1. The maximum absolute atomic E-state index is 13.5. The van der Waals surface area contributed by atoms with Crippen LogP contribution in [0.2, 0.25) is 5.02 Å². The molecule has 0 amide bonds. The minimum absolute atomic E-state index is 0.0673. The first-order chi connectivity index (χ1) is 24.4. The third-order valence-electron chi connectivity index (χ3n) is 8.57. The Balaban J connectivity index is 1.44. The van der Waals surface area contributed by atoms with E-state index in [2.05, 4.69) is 0 Å². The molecule has 0 aliphatic carbocycles. The summed E-state index contributed by atoms with van der Waals surface area (Å²) in [5, 5.41) is 11.7. The summed E-state index contributed by atoms with van der Waals surface area (Å²) in [4.78, 5) is 0. The Kier molecular flexibility index (Phi) is 14.1. The first kappa shape index (κ1) is 37.3. The van der Waals surface area contributed by atoms with Crippen molar-refractivity contribution in [2.45, 2.75) is 63.9 Å². The van der Waals surface area contributed by atoms with Crippen molar-refractivity contribution in [1.82, 2.24) is 0 Å². The van der Waals surface area contributed by atoms with E-state index in [1.165, 1.54) is 19.2 Å². The van der Waals surface area contributed by atoms with Gasteiger partial charge in [0.25, 0.3) is 0 Å². The van der Waals surface area contributed by atoms with Gasteiger partial charge in [-0.2, -0.15) is 0 Å². The Hall–Kier alpha value is -3.92. The van der Waals surface area contributed by atoms with E-state index in [4.69, 9.17) is 35.3 Å². The van der Waals surface area contributed by atoms with Gasteiger partial charge in [0.2, 0.25) is 5.79 Å². The van der Waals surface area contributed by atoms with E-state index in [1.807, 2.05) is 110 Å². The Morgan fingerprint density at radius 3 is 1.70 bits per heavy atom. The molecule has 5 rings (SSSR count). The molecule has 0 aliphatic heterocycles. The number of halogens is 2. The molecule has 0 spiro atoms. The van der Waals surface area contributed by atoms with Crippen LogP contribution in [0.4, 0.5) is 4.39 Å². The molecule has 0 aliphatic rings. The van der Waals surface area contributed by atoms with Crippen LogP contribution in [0.3, 0.4) is 0 Å². The van der Waals surface area contributed by atoms with Crippen LogP contribution in [0.25, 0.3) is 0 Å². The fraction of sp³-hybridized carbons (Fsp3) is 0.286. The molecule has 0 fully saturated rings. The van der Waals surface area contributed by atoms with Gasteiger partial charge in [-0.3, -0.25) is 0 Å². The van der Waals surface area contributed by atoms with Gasteiger partial charge >= 0.3 is 0 Å². The van der Waals surface area contributed by atoms with Crippen LogP contribution in [-0.4, -0.2) is 42.9 Å². The lowest BCUT2D eigenvalue weighted by Gasteiger charge is -2.43. The van der Waals surface area contributed by atoms with Crippen molar-refractivity contribution >= 4 is 11.6 Å². The van der Waals surface area contributed by atoms with E-state index in [-0.39, 0.29) is 25.6 Å². The average Bonchev–Trinajstić information content (AvgIpc) is 3.16. The number of aliphatic hydroxyl groups is 1. The molecule has 0 aromatic heterocycles. The van der Waals surface area contributed by atoms with Crippen LogP contribution >= 0.6 is 11.6 Å². The number of benzene rings is 5. The van der Waals surface area contributed by atoms with Crippen LogP contribution in [0.15, 0.2) is 133 Å². The van der Waals surface area contributed by atoms with E-state index < -0.39 is 30.7 Å². The Morgan fingerprint density at radius 1 is 0.640 bits per heavy atom. The molecule has 0 saturated carbocycles. The number of aliphatic hydroxyl groups excluding tert-OH is 1. The van der Waals surface area contributed by atoms with Crippen LogP contribution in [-0.2, 0) is 56.5 Å². The van der Waals surface area contributed by atoms with E-state index in [1.54, 1.807) is 18.2 Å². The SMILES string of the molecule is CO[C@](CO)(OCc1ccc(Cl)c(Cc2ccc(F)cc2)c1)[C@@H](OCc1ccccc1)C(OCc1ccccc1)[C@H](C)OCc1ccccc1. The summed E-state index contributed by atoms with van der Waals surface area (Å²) in [5.41, 5.74) is 5.50. The third-order valence-corrected chi connectivity index (χ3v) is 8.94. The topological polar surface area (TPSA) is 66.4 Å². The van der Waals surface area contributed by atoms with Crippen molar-refractivity contribution in [3.05, 3.63) is 178 Å². The van der Waals surface area contributed by atoms with Gasteiger partial charge in [0.1, 0.15) is 24.6 Å². The monoisotopic (exact) mass is 698 g/mol. The van der Waals surface area contributed by atoms with Crippen LogP contribution in [0.5, 0.6) is 0 Å². The Morgan fingerprint density at radius 2 is 1.16 bits per heavy atom. The van der Waals surface area contributed by atoms with Crippen LogP contribution < -0.4 is 0 Å². The fourth-order valence-electron chi connectivity index (χ4n) is 5.70. The van der Waals surface area contributed by atoms with E-state index in [0.29, 0.717) is 18.1 Å². The number of ether oxygens (including phenoxy) is 5. The van der Waals surface area contributed by atoms with Gasteiger partial charge < -0.3 is 28.8 Å². The zero-order valence-electron chi connectivity index (χ0n) is 28.4. The van der Waals surface area contributed by atoms with Gasteiger partial charge in [-0.05, 0) is 64.9 Å². The van der Waals surface area contributed by atoms with Crippen molar-refractivity contribution in [2.24, 2.45) is 0 Å². The maximum Gasteiger partial charge on any atom is 0.221 e. The van der Waals surface area contributed by atoms with Crippen molar-refractivity contribution in [3.8, 4) is 0 Å². The maximum atomic E-state index is 13.5. The second kappa shape index (κ2) is 18.9. The summed E-state index contributed by atoms with van der Waals surface area (Å²) >= 11 is 6.58. The van der Waals surface area contributed by atoms with Crippen LogP contribution in [0.1, 0.15) is 40.3 Å². The van der Waals surface area contributed by atoms with E-state index >= 15 is 0 Å². The molecular weight excluding hydrogens is 655 g/mol. The first-order valence-corrected chi connectivity index (χ1v) is 17.0. The van der Waals surface area contributed by atoms with E-state index in [9.17, 15) is 9.50 Å². The van der Waals surface area contributed by atoms with Crippen molar-refractivity contribution < 1.29 is 33.2 Å². The molecule has 4 atom stereocenters. The summed E-state index contributed by atoms with van der Waals surface area (Å²) in [6.07, 6.45) is -1.69. The smallest absolute Gasteiger partial charge is 0.221 e. The van der Waals surface area contributed by atoms with E-state index in [0.717, 1.165) is 33.4 Å². The molecule has 262 valence electrons. The average molecular weight is 699 g/mol. The quantitative estimate of drug-likeness (QED) is 0.0871. The number of hydrogen-bond acceptors (Lipinski definition) is 6. The zero-order valence-corrected chi connectivity index (χ0v) is 29.2. The zero-order chi connectivity index (χ0) is 35.2. The molecule has 5 aromatic rings. The first-order valence-electron chi connectivity index (χ1n) is 16.7. The van der Waals surface area contributed by atoms with Gasteiger partial charge in [0.05, 0.1) is 32.5 Å². The van der Waals surface area contributed by atoms with Crippen molar-refractivity contribution in [2.75, 3.05) is 13.7 Å². The van der Waals surface area contributed by atoms with Gasteiger partial charge in [-0.15, -0.1) is 0 Å². The lowest BCUT2D eigenvalue weighted by molar-refractivity contribution is -0.328. The summed E-state index contributed by atoms with van der Waals surface area (Å²) in [6.45, 7) is 2.29. The highest BCUT2D eigenvalue weighted by Gasteiger charge is 2.48. The molecule has 0 heterocycles. The fourth-order valence-corrected chi connectivity index (χ4v) is 5.89. The molecule has 1 unspecified atom stereocenters. The molecule has 0 radical (unpaired) electrons. The normalized spacial score (nSPS) is 14.5. The minimum atomic E-state index is -1.66. The molecule has 1 N–H and O–H groups in total. The predicted octanol–water partition coefficient (Wildman–Crippen LogP) is 8.70. The van der Waals surface area contributed by atoms with Crippen molar-refractivity contribution in [1.29, 1.82) is 0 Å². The van der Waals surface area contributed by atoms with Gasteiger partial charge in [0.15, 0.2) is 0 Å². The summed E-state index contributed by atoms with van der Waals surface area (Å²) in [6, 6.07) is 41.5. The highest BCUT2D eigenvalue weighted by Crippen LogP contribution is 2.31.